The molecule has 3 N–H and O–H groups in total. The number of benzene rings is 3. The summed E-state index contributed by atoms with van der Waals surface area (Å²) in [5.74, 6) is 1.02. The summed E-state index contributed by atoms with van der Waals surface area (Å²) in [6.07, 6.45) is 1.03. The molecule has 7 heteroatoms. The summed E-state index contributed by atoms with van der Waals surface area (Å²) in [5, 5.41) is 4.86. The summed E-state index contributed by atoms with van der Waals surface area (Å²) in [6.45, 7) is 1.79. The first-order valence-corrected chi connectivity index (χ1v) is 9.78. The maximum Gasteiger partial charge on any atom is 0.466 e. The highest BCUT2D eigenvalue weighted by Crippen LogP contribution is 2.34. The van der Waals surface area contributed by atoms with Crippen molar-refractivity contribution in [2.24, 2.45) is 0 Å². The molecule has 0 atom stereocenters. The van der Waals surface area contributed by atoms with Crippen LogP contribution in [0.25, 0.3) is 21.5 Å². The Kier molecular flexibility index (Phi) is 7.14. The van der Waals surface area contributed by atoms with Crippen molar-refractivity contribution in [3.05, 3.63) is 54.6 Å². The molecule has 0 fully saturated rings. The second-order valence-corrected chi connectivity index (χ2v) is 7.19. The Hall–Kier alpha value is -1.95. The summed E-state index contributed by atoms with van der Waals surface area (Å²) in [4.78, 5) is 23.7. The van der Waals surface area contributed by atoms with Gasteiger partial charge in [0, 0.05) is 17.3 Å². The van der Waals surface area contributed by atoms with Gasteiger partial charge in [-0.1, -0.05) is 48.5 Å². The highest BCUT2D eigenvalue weighted by Gasteiger charge is 2.08. The lowest BCUT2D eigenvalue weighted by Crippen LogP contribution is -2.15. The molecule has 0 aliphatic carbocycles. The minimum atomic E-state index is -4.64. The van der Waals surface area contributed by atoms with Crippen LogP contribution < -0.4 is 4.74 Å². The first-order valence-electron chi connectivity index (χ1n) is 8.22. The quantitative estimate of drug-likeness (QED) is 0.359. The molecule has 0 saturated carbocycles. The zero-order valence-electron chi connectivity index (χ0n) is 14.9. The van der Waals surface area contributed by atoms with Gasteiger partial charge in [-0.2, -0.15) is 0 Å². The highest BCUT2D eigenvalue weighted by atomic mass is 31.2. The van der Waals surface area contributed by atoms with Crippen LogP contribution in [-0.4, -0.2) is 46.8 Å². The number of ether oxygens (including phenoxy) is 1. The fourth-order valence-corrected chi connectivity index (χ4v) is 2.68. The van der Waals surface area contributed by atoms with Gasteiger partial charge in [0.15, 0.2) is 0 Å². The van der Waals surface area contributed by atoms with Crippen LogP contribution in [-0.2, 0) is 4.57 Å². The smallest absolute Gasteiger partial charge is 0.466 e. The van der Waals surface area contributed by atoms with E-state index in [9.17, 15) is 0 Å². The lowest BCUT2D eigenvalue weighted by atomic mass is 10.0. The molecule has 0 heterocycles. The van der Waals surface area contributed by atoms with E-state index >= 15 is 0 Å². The van der Waals surface area contributed by atoms with Crippen LogP contribution in [0.1, 0.15) is 6.42 Å². The number of fused-ring (bicyclic) bond motifs is 2. The van der Waals surface area contributed by atoms with E-state index in [0.717, 1.165) is 25.3 Å². The minimum Gasteiger partial charge on any atom is -0.492 e. The molecule has 0 amide bonds. The third kappa shape index (κ3) is 6.41. The Bertz CT molecular complexity index is 844. The molecule has 0 bridgehead atoms. The third-order valence-corrected chi connectivity index (χ3v) is 3.72. The monoisotopic (exact) mass is 377 g/mol. The van der Waals surface area contributed by atoms with E-state index < -0.39 is 7.82 Å². The van der Waals surface area contributed by atoms with Gasteiger partial charge < -0.3 is 24.3 Å². The van der Waals surface area contributed by atoms with Crippen molar-refractivity contribution in [2.75, 3.05) is 27.2 Å². The summed E-state index contributed by atoms with van der Waals surface area (Å²) in [5.41, 5.74) is 0. The van der Waals surface area contributed by atoms with Crippen LogP contribution in [0.5, 0.6) is 5.75 Å². The van der Waals surface area contributed by atoms with E-state index in [4.69, 9.17) is 24.0 Å². The summed E-state index contributed by atoms with van der Waals surface area (Å²) in [6, 6.07) is 19.1. The van der Waals surface area contributed by atoms with Crippen LogP contribution in [0.2, 0.25) is 0 Å². The number of hydrogen-bond acceptors (Lipinski definition) is 3. The van der Waals surface area contributed by atoms with Crippen molar-refractivity contribution in [1.82, 2.24) is 4.90 Å². The Balaban J connectivity index is 0.000000431. The van der Waals surface area contributed by atoms with Crippen LogP contribution in [0.3, 0.4) is 0 Å². The lowest BCUT2D eigenvalue weighted by molar-refractivity contribution is 0.275. The molecule has 0 saturated heterocycles. The van der Waals surface area contributed by atoms with Gasteiger partial charge in [-0.25, -0.2) is 4.57 Å². The van der Waals surface area contributed by atoms with Gasteiger partial charge >= 0.3 is 7.82 Å². The zero-order chi connectivity index (χ0) is 19.2. The maximum absolute atomic E-state index is 8.88. The van der Waals surface area contributed by atoms with Crippen molar-refractivity contribution in [1.29, 1.82) is 0 Å². The van der Waals surface area contributed by atoms with Gasteiger partial charge in [0.05, 0.1) is 6.61 Å². The molecule has 0 aliphatic heterocycles. The number of nitrogens with zero attached hydrogens (tertiary/aromatic N) is 1. The van der Waals surface area contributed by atoms with Crippen LogP contribution >= 0.6 is 7.82 Å². The second kappa shape index (κ2) is 9.12. The first kappa shape index (κ1) is 20.4. The summed E-state index contributed by atoms with van der Waals surface area (Å²) in [7, 11) is -0.458. The molecule has 3 rings (SSSR count). The molecule has 0 unspecified atom stereocenters. The number of rotatable bonds is 5. The molecule has 0 aromatic heterocycles. The molecular weight excluding hydrogens is 353 g/mol. The van der Waals surface area contributed by atoms with Gasteiger partial charge in [0.2, 0.25) is 0 Å². The highest BCUT2D eigenvalue weighted by molar-refractivity contribution is 7.45. The molecule has 3 aromatic rings. The van der Waals surface area contributed by atoms with Crippen LogP contribution in [0.15, 0.2) is 54.6 Å². The second-order valence-electron chi connectivity index (χ2n) is 6.17. The fraction of sp³-hybridized carbons (Fsp3) is 0.263. The molecule has 140 valence electrons. The predicted molar refractivity (Wildman–Crippen MR) is 104 cm³/mol. The standard InChI is InChI=1S/C19H21NO.H3O4P/c1-20(2)12-7-13-21-19-17-10-5-3-8-15(17)14-16-9-4-6-11-18(16)19;1-5(2,3)4/h3-6,8-11,14H,7,12-13H2,1-2H3;(H3,1,2,3,4). The van der Waals surface area contributed by atoms with E-state index in [0.29, 0.717) is 0 Å². The topological polar surface area (TPSA) is 90.2 Å². The van der Waals surface area contributed by atoms with Crippen molar-refractivity contribution in [2.45, 2.75) is 6.42 Å². The largest absolute Gasteiger partial charge is 0.492 e. The maximum atomic E-state index is 8.88. The van der Waals surface area contributed by atoms with Crippen molar-refractivity contribution in [3.63, 3.8) is 0 Å². The molecule has 0 spiro atoms. The van der Waals surface area contributed by atoms with Gasteiger partial charge in [0.25, 0.3) is 0 Å². The van der Waals surface area contributed by atoms with E-state index in [1.54, 1.807) is 0 Å². The fourth-order valence-electron chi connectivity index (χ4n) is 2.68. The third-order valence-electron chi connectivity index (χ3n) is 3.72. The van der Waals surface area contributed by atoms with Crippen LogP contribution in [0.4, 0.5) is 0 Å². The Morgan fingerprint density at radius 1 is 0.923 bits per heavy atom. The molecule has 26 heavy (non-hydrogen) atoms. The minimum absolute atomic E-state index is 0.746. The van der Waals surface area contributed by atoms with Gasteiger partial charge in [-0.3, -0.25) is 0 Å². The van der Waals surface area contributed by atoms with Crippen molar-refractivity contribution in [3.8, 4) is 5.75 Å². The number of phosphoric acid groups is 1. The summed E-state index contributed by atoms with van der Waals surface area (Å²) < 4.78 is 15.0. The SMILES string of the molecule is CN(C)CCCOc1c2ccccc2cc2ccccc12.O=P(O)(O)O. The van der Waals surface area contributed by atoms with E-state index in [1.807, 2.05) is 0 Å². The van der Waals surface area contributed by atoms with Gasteiger partial charge in [-0.15, -0.1) is 0 Å². The van der Waals surface area contributed by atoms with Crippen LogP contribution in [0, 0.1) is 0 Å². The number of hydrogen-bond donors (Lipinski definition) is 3. The van der Waals surface area contributed by atoms with E-state index in [1.165, 1.54) is 21.5 Å². The average Bonchev–Trinajstić information content (AvgIpc) is 2.56. The summed E-state index contributed by atoms with van der Waals surface area (Å²) >= 11 is 0. The van der Waals surface area contributed by atoms with E-state index in [-0.39, 0.29) is 0 Å². The van der Waals surface area contributed by atoms with Gasteiger partial charge in [0.1, 0.15) is 5.75 Å². The Morgan fingerprint density at radius 3 is 1.85 bits per heavy atom. The van der Waals surface area contributed by atoms with E-state index in [2.05, 4.69) is 73.6 Å². The lowest BCUT2D eigenvalue weighted by Gasteiger charge is -2.14. The Morgan fingerprint density at radius 2 is 1.38 bits per heavy atom. The van der Waals surface area contributed by atoms with Gasteiger partial charge in [-0.05, 0) is 37.4 Å². The molecular formula is C19H24NO5P. The normalized spacial score (nSPS) is 11.5. The predicted octanol–water partition coefficient (Wildman–Crippen LogP) is 3.39. The Labute approximate surface area is 152 Å². The molecule has 6 nitrogen and oxygen atoms in total. The average molecular weight is 377 g/mol. The first-order chi connectivity index (χ1) is 12.3. The zero-order valence-corrected chi connectivity index (χ0v) is 15.8. The molecule has 0 radical (unpaired) electrons. The van der Waals surface area contributed by atoms with Crippen molar-refractivity contribution >= 4 is 29.4 Å². The van der Waals surface area contributed by atoms with Crippen molar-refractivity contribution < 1.29 is 24.0 Å². The molecule has 3 aromatic carbocycles. The molecule has 0 aliphatic rings.